The number of hydrogen-bond donors (Lipinski definition) is 5. The predicted molar refractivity (Wildman–Crippen MR) is 75.1 cm³/mol. The van der Waals surface area contributed by atoms with E-state index in [1.807, 2.05) is 0 Å². The Bertz CT molecular complexity index is 504. The van der Waals surface area contributed by atoms with Crippen molar-refractivity contribution in [2.75, 3.05) is 11.9 Å². The average Bonchev–Trinajstić information content (AvgIpc) is 2.49. The average molecular weight is 313 g/mol. The summed E-state index contributed by atoms with van der Waals surface area (Å²) in [6.07, 6.45) is -6.64. The molecule has 0 bridgehead atoms. The smallest absolute Gasteiger partial charge is 0.229 e. The minimum absolute atomic E-state index is 0.206. The second-order valence-corrected chi connectivity index (χ2v) is 5.02. The van der Waals surface area contributed by atoms with Crippen LogP contribution in [0, 0.1) is 0 Å². The van der Waals surface area contributed by atoms with Crippen LogP contribution in [0.25, 0.3) is 0 Å². The van der Waals surface area contributed by atoms with Gasteiger partial charge in [-0.2, -0.15) is 0 Å². The molecule has 1 unspecified atom stereocenters. The zero-order valence-corrected chi connectivity index (χ0v) is 11.9. The number of carbonyl (C=O) groups is 1. The third kappa shape index (κ3) is 3.73. The number of rotatable bonds is 4. The molecule has 5 atom stereocenters. The van der Waals surface area contributed by atoms with Crippen LogP contribution in [0.15, 0.2) is 24.3 Å². The summed E-state index contributed by atoms with van der Waals surface area (Å²) in [6, 6.07) is 6.29. The molecule has 0 saturated carbocycles. The fourth-order valence-electron chi connectivity index (χ4n) is 2.12. The van der Waals surface area contributed by atoms with E-state index in [1.54, 1.807) is 24.3 Å². The zero-order chi connectivity index (χ0) is 16.3. The SMILES string of the molecule is CC(=O)Nc1ccc(O[C@H]2OC(CO)[C@@H](O)[C@H](O)[C@@H]2O)cc1. The lowest BCUT2D eigenvalue weighted by atomic mass is 9.99. The van der Waals surface area contributed by atoms with Gasteiger partial charge < -0.3 is 35.2 Å². The van der Waals surface area contributed by atoms with Gasteiger partial charge in [-0.1, -0.05) is 0 Å². The quantitative estimate of drug-likeness (QED) is 0.473. The van der Waals surface area contributed by atoms with Crippen LogP contribution in [-0.2, 0) is 9.53 Å². The van der Waals surface area contributed by atoms with Gasteiger partial charge in [0.25, 0.3) is 0 Å². The van der Waals surface area contributed by atoms with E-state index in [2.05, 4.69) is 5.32 Å². The maximum Gasteiger partial charge on any atom is 0.229 e. The highest BCUT2D eigenvalue weighted by atomic mass is 16.7. The molecule has 8 heteroatoms. The van der Waals surface area contributed by atoms with Crippen LogP contribution >= 0.6 is 0 Å². The highest BCUT2D eigenvalue weighted by Gasteiger charge is 2.44. The molecular formula is C14H19NO7. The number of carbonyl (C=O) groups excluding carboxylic acids is 1. The van der Waals surface area contributed by atoms with Gasteiger partial charge in [0.15, 0.2) is 0 Å². The highest BCUT2D eigenvalue weighted by molar-refractivity contribution is 5.88. The lowest BCUT2D eigenvalue weighted by Gasteiger charge is -2.39. The van der Waals surface area contributed by atoms with Crippen molar-refractivity contribution in [3.05, 3.63) is 24.3 Å². The zero-order valence-electron chi connectivity index (χ0n) is 11.9. The van der Waals surface area contributed by atoms with E-state index >= 15 is 0 Å². The summed E-state index contributed by atoms with van der Waals surface area (Å²) in [4.78, 5) is 10.9. The van der Waals surface area contributed by atoms with E-state index < -0.39 is 37.3 Å². The summed E-state index contributed by atoms with van der Waals surface area (Å²) in [5, 5.41) is 40.9. The van der Waals surface area contributed by atoms with E-state index in [0.717, 1.165) is 0 Å². The molecule has 1 aliphatic heterocycles. The highest BCUT2D eigenvalue weighted by Crippen LogP contribution is 2.25. The van der Waals surface area contributed by atoms with Crippen LogP contribution in [0.2, 0.25) is 0 Å². The molecule has 0 radical (unpaired) electrons. The van der Waals surface area contributed by atoms with Crippen molar-refractivity contribution in [2.45, 2.75) is 37.6 Å². The van der Waals surface area contributed by atoms with Gasteiger partial charge in [-0.25, -0.2) is 0 Å². The maximum absolute atomic E-state index is 10.9. The van der Waals surface area contributed by atoms with Crippen LogP contribution < -0.4 is 10.1 Å². The van der Waals surface area contributed by atoms with Gasteiger partial charge in [0.2, 0.25) is 12.2 Å². The van der Waals surface area contributed by atoms with E-state index in [9.17, 15) is 20.1 Å². The van der Waals surface area contributed by atoms with E-state index in [-0.39, 0.29) is 5.91 Å². The van der Waals surface area contributed by atoms with E-state index in [4.69, 9.17) is 14.6 Å². The van der Waals surface area contributed by atoms with Gasteiger partial charge in [0.05, 0.1) is 6.61 Å². The molecule has 2 rings (SSSR count). The fraction of sp³-hybridized carbons (Fsp3) is 0.500. The van der Waals surface area contributed by atoms with Gasteiger partial charge in [-0.3, -0.25) is 4.79 Å². The molecule has 1 aliphatic rings. The summed E-state index contributed by atoms with van der Waals surface area (Å²) in [6.45, 7) is 0.866. The Morgan fingerprint density at radius 1 is 1.18 bits per heavy atom. The van der Waals surface area contributed by atoms with Crippen LogP contribution in [0.5, 0.6) is 5.75 Å². The number of aliphatic hydroxyl groups excluding tert-OH is 4. The molecule has 1 aromatic rings. The second-order valence-electron chi connectivity index (χ2n) is 5.02. The van der Waals surface area contributed by atoms with Crippen molar-refractivity contribution in [1.82, 2.24) is 0 Å². The standard InChI is InChI=1S/C14H19NO7/c1-7(17)15-8-2-4-9(5-3-8)21-14-13(20)12(19)11(18)10(6-16)22-14/h2-5,10-14,16,18-20H,6H2,1H3,(H,15,17)/t10?,11-,12+,13+,14+/m1/s1. The molecule has 8 nitrogen and oxygen atoms in total. The summed E-state index contributed by atoms with van der Waals surface area (Å²) >= 11 is 0. The normalized spacial score (nSPS) is 31.6. The van der Waals surface area contributed by atoms with E-state index in [0.29, 0.717) is 11.4 Å². The van der Waals surface area contributed by atoms with Crippen molar-refractivity contribution in [3.63, 3.8) is 0 Å². The van der Waals surface area contributed by atoms with Gasteiger partial charge in [-0.15, -0.1) is 0 Å². The lowest BCUT2D eigenvalue weighted by molar-refractivity contribution is -0.277. The Morgan fingerprint density at radius 3 is 2.36 bits per heavy atom. The second kappa shape index (κ2) is 7.03. The molecule has 1 heterocycles. The Balaban J connectivity index is 2.04. The minimum atomic E-state index is -1.49. The molecule has 1 aromatic carbocycles. The van der Waals surface area contributed by atoms with Crippen molar-refractivity contribution in [3.8, 4) is 5.75 Å². The number of amides is 1. The number of hydrogen-bond acceptors (Lipinski definition) is 7. The predicted octanol–water partition coefficient (Wildman–Crippen LogP) is -1.18. The first kappa shape index (κ1) is 16.7. The Morgan fingerprint density at radius 2 is 1.82 bits per heavy atom. The Hall–Kier alpha value is -1.71. The minimum Gasteiger partial charge on any atom is -0.462 e. The number of ether oxygens (including phenoxy) is 2. The van der Waals surface area contributed by atoms with Crippen LogP contribution in [0.3, 0.4) is 0 Å². The van der Waals surface area contributed by atoms with Gasteiger partial charge in [0.1, 0.15) is 30.2 Å². The molecule has 0 aliphatic carbocycles. The first-order valence-corrected chi connectivity index (χ1v) is 6.77. The summed E-state index contributed by atoms with van der Waals surface area (Å²) in [5.74, 6) is 0.126. The fourth-order valence-corrected chi connectivity index (χ4v) is 2.12. The van der Waals surface area contributed by atoms with Crippen molar-refractivity contribution < 1.29 is 34.7 Å². The summed E-state index contributed by atoms with van der Waals surface area (Å²) in [5.41, 5.74) is 0.577. The molecule has 1 fully saturated rings. The first-order chi connectivity index (χ1) is 10.4. The molecule has 122 valence electrons. The van der Waals surface area contributed by atoms with Crippen LogP contribution in [0.4, 0.5) is 5.69 Å². The molecule has 5 N–H and O–H groups in total. The summed E-state index contributed by atoms with van der Waals surface area (Å²) in [7, 11) is 0. The molecule has 0 spiro atoms. The number of aliphatic hydroxyl groups is 4. The van der Waals surface area contributed by atoms with Gasteiger partial charge >= 0.3 is 0 Å². The van der Waals surface area contributed by atoms with Gasteiger partial charge in [0, 0.05) is 12.6 Å². The molecule has 22 heavy (non-hydrogen) atoms. The largest absolute Gasteiger partial charge is 0.462 e. The Kier molecular flexibility index (Phi) is 5.33. The molecule has 1 amide bonds. The van der Waals surface area contributed by atoms with Crippen molar-refractivity contribution in [1.29, 1.82) is 0 Å². The number of benzene rings is 1. The summed E-state index contributed by atoms with van der Waals surface area (Å²) < 4.78 is 10.6. The first-order valence-electron chi connectivity index (χ1n) is 6.77. The number of nitrogens with one attached hydrogen (secondary N) is 1. The topological polar surface area (TPSA) is 128 Å². The maximum atomic E-state index is 10.9. The van der Waals surface area contributed by atoms with Gasteiger partial charge in [-0.05, 0) is 24.3 Å². The lowest BCUT2D eigenvalue weighted by Crippen LogP contribution is -2.60. The third-order valence-electron chi connectivity index (χ3n) is 3.28. The Labute approximate surface area is 126 Å². The van der Waals surface area contributed by atoms with Crippen LogP contribution in [-0.4, -0.2) is 63.6 Å². The van der Waals surface area contributed by atoms with Crippen LogP contribution in [0.1, 0.15) is 6.92 Å². The molecule has 1 saturated heterocycles. The molecule has 0 aromatic heterocycles. The van der Waals surface area contributed by atoms with Crippen molar-refractivity contribution in [2.24, 2.45) is 0 Å². The van der Waals surface area contributed by atoms with Crippen molar-refractivity contribution >= 4 is 11.6 Å². The third-order valence-corrected chi connectivity index (χ3v) is 3.28. The van der Waals surface area contributed by atoms with E-state index in [1.165, 1.54) is 6.92 Å². The number of anilines is 1. The monoisotopic (exact) mass is 313 g/mol. The molecular weight excluding hydrogens is 294 g/mol.